The minimum Gasteiger partial charge on any atom is -0.338 e. The minimum atomic E-state index is 0.0736. The summed E-state index contributed by atoms with van der Waals surface area (Å²) in [5.74, 6) is 0.0736. The molecule has 8 heteroatoms. The van der Waals surface area contributed by atoms with Crippen LogP contribution in [0.2, 0.25) is 0 Å². The minimum absolute atomic E-state index is 0.0736. The van der Waals surface area contributed by atoms with Gasteiger partial charge in [0.05, 0.1) is 10.7 Å². The molecule has 1 fully saturated rings. The average molecular weight is 356 g/mol. The highest BCUT2D eigenvalue weighted by atomic mass is 32.1. The van der Waals surface area contributed by atoms with Crippen LogP contribution in [0.4, 0.5) is 0 Å². The van der Waals surface area contributed by atoms with Crippen LogP contribution in [0.5, 0.6) is 0 Å². The maximum Gasteiger partial charge on any atom is 0.246 e. The average Bonchev–Trinajstić information content (AvgIpc) is 3.20. The molecule has 2 aromatic heterocycles. The SMILES string of the molecule is Cc1nc(CN2CCN(C(=O)Cn3nc4ccccc4n3)CC2)cs1. The number of aromatic nitrogens is 4. The van der Waals surface area contributed by atoms with E-state index in [4.69, 9.17) is 0 Å². The lowest BCUT2D eigenvalue weighted by Crippen LogP contribution is -2.49. The molecule has 0 aliphatic carbocycles. The number of thiazole rings is 1. The first-order valence-corrected chi connectivity index (χ1v) is 9.26. The van der Waals surface area contributed by atoms with Crippen LogP contribution in [0, 0.1) is 6.92 Å². The van der Waals surface area contributed by atoms with E-state index in [1.54, 1.807) is 11.3 Å². The fourth-order valence-electron chi connectivity index (χ4n) is 3.06. The van der Waals surface area contributed by atoms with Gasteiger partial charge in [0.25, 0.3) is 0 Å². The number of nitrogens with zero attached hydrogens (tertiary/aromatic N) is 6. The quantitative estimate of drug-likeness (QED) is 0.709. The van der Waals surface area contributed by atoms with Gasteiger partial charge in [0.2, 0.25) is 5.91 Å². The highest BCUT2D eigenvalue weighted by Crippen LogP contribution is 2.13. The van der Waals surface area contributed by atoms with E-state index in [2.05, 4.69) is 25.5 Å². The highest BCUT2D eigenvalue weighted by Gasteiger charge is 2.22. The van der Waals surface area contributed by atoms with Crippen molar-refractivity contribution in [3.05, 3.63) is 40.3 Å². The van der Waals surface area contributed by atoms with Crippen LogP contribution in [0.15, 0.2) is 29.6 Å². The molecule has 0 bridgehead atoms. The maximum atomic E-state index is 12.5. The molecular formula is C17H20N6OS. The Morgan fingerprint density at radius 3 is 2.40 bits per heavy atom. The third-order valence-corrected chi connectivity index (χ3v) is 5.20. The van der Waals surface area contributed by atoms with Crippen LogP contribution in [-0.4, -0.2) is 61.9 Å². The van der Waals surface area contributed by atoms with Crippen LogP contribution >= 0.6 is 11.3 Å². The summed E-state index contributed by atoms with van der Waals surface area (Å²) in [5, 5.41) is 11.9. The molecule has 0 saturated carbocycles. The van der Waals surface area contributed by atoms with Crippen molar-refractivity contribution in [1.82, 2.24) is 29.8 Å². The number of benzene rings is 1. The van der Waals surface area contributed by atoms with Crippen molar-refractivity contribution in [2.24, 2.45) is 0 Å². The first-order valence-electron chi connectivity index (χ1n) is 8.38. The third kappa shape index (κ3) is 3.69. The molecule has 1 saturated heterocycles. The van der Waals surface area contributed by atoms with E-state index in [-0.39, 0.29) is 12.5 Å². The lowest BCUT2D eigenvalue weighted by Gasteiger charge is -2.34. The molecule has 7 nitrogen and oxygen atoms in total. The number of carbonyl (C=O) groups excluding carboxylic acids is 1. The number of hydrogen-bond acceptors (Lipinski definition) is 6. The van der Waals surface area contributed by atoms with E-state index in [9.17, 15) is 4.79 Å². The predicted molar refractivity (Wildman–Crippen MR) is 96.2 cm³/mol. The predicted octanol–water partition coefficient (Wildman–Crippen LogP) is 1.54. The first-order chi connectivity index (χ1) is 12.2. The fourth-order valence-corrected chi connectivity index (χ4v) is 3.67. The van der Waals surface area contributed by atoms with Gasteiger partial charge in [-0.25, -0.2) is 4.98 Å². The number of carbonyl (C=O) groups is 1. The summed E-state index contributed by atoms with van der Waals surface area (Å²) < 4.78 is 0. The number of amides is 1. The van der Waals surface area contributed by atoms with Crippen molar-refractivity contribution in [2.75, 3.05) is 26.2 Å². The number of hydrogen-bond donors (Lipinski definition) is 0. The molecule has 130 valence electrons. The van der Waals surface area contributed by atoms with E-state index in [1.807, 2.05) is 36.1 Å². The number of rotatable bonds is 4. The van der Waals surface area contributed by atoms with Crippen LogP contribution in [0.1, 0.15) is 10.7 Å². The van der Waals surface area contributed by atoms with Crippen molar-refractivity contribution in [3.8, 4) is 0 Å². The van der Waals surface area contributed by atoms with E-state index in [1.165, 1.54) is 4.80 Å². The van der Waals surface area contributed by atoms with Crippen molar-refractivity contribution >= 4 is 28.3 Å². The molecule has 0 unspecified atom stereocenters. The Hall–Kier alpha value is -2.32. The van der Waals surface area contributed by atoms with Gasteiger partial charge in [-0.3, -0.25) is 9.69 Å². The van der Waals surface area contributed by atoms with Crippen LogP contribution in [0.3, 0.4) is 0 Å². The first kappa shape index (κ1) is 16.2. The van der Waals surface area contributed by atoms with Gasteiger partial charge in [-0.15, -0.1) is 11.3 Å². The maximum absolute atomic E-state index is 12.5. The van der Waals surface area contributed by atoms with Crippen LogP contribution in [0.25, 0.3) is 11.0 Å². The lowest BCUT2D eigenvalue weighted by atomic mass is 10.3. The summed E-state index contributed by atoms with van der Waals surface area (Å²) in [5.41, 5.74) is 2.76. The van der Waals surface area contributed by atoms with E-state index >= 15 is 0 Å². The van der Waals surface area contributed by atoms with Gasteiger partial charge in [0, 0.05) is 38.1 Å². The van der Waals surface area contributed by atoms with Gasteiger partial charge in [0.1, 0.15) is 17.6 Å². The molecule has 1 amide bonds. The van der Waals surface area contributed by atoms with Gasteiger partial charge in [0.15, 0.2) is 0 Å². The zero-order chi connectivity index (χ0) is 17.2. The Kier molecular flexibility index (Phi) is 4.46. The standard InChI is InChI=1S/C17H20N6OS/c1-13-18-14(12-25-13)10-21-6-8-22(9-7-21)17(24)11-23-19-15-4-2-3-5-16(15)20-23/h2-5,12H,6-11H2,1H3. The summed E-state index contributed by atoms with van der Waals surface area (Å²) in [7, 11) is 0. The zero-order valence-corrected chi connectivity index (χ0v) is 14.9. The Bertz CT molecular complexity index is 847. The highest BCUT2D eigenvalue weighted by molar-refractivity contribution is 7.09. The monoisotopic (exact) mass is 356 g/mol. The van der Waals surface area contributed by atoms with Gasteiger partial charge >= 0.3 is 0 Å². The lowest BCUT2D eigenvalue weighted by molar-refractivity contribution is -0.134. The van der Waals surface area contributed by atoms with Gasteiger partial charge in [-0.2, -0.15) is 15.0 Å². The molecule has 1 aromatic carbocycles. The van der Waals surface area contributed by atoms with Crippen molar-refractivity contribution in [3.63, 3.8) is 0 Å². The number of fused-ring (bicyclic) bond motifs is 1. The molecule has 4 rings (SSSR count). The Balaban J connectivity index is 1.31. The Morgan fingerprint density at radius 2 is 1.80 bits per heavy atom. The van der Waals surface area contributed by atoms with E-state index in [0.717, 1.165) is 54.5 Å². The van der Waals surface area contributed by atoms with E-state index < -0.39 is 0 Å². The van der Waals surface area contributed by atoms with E-state index in [0.29, 0.717) is 0 Å². The van der Waals surface area contributed by atoms with Crippen LogP contribution in [-0.2, 0) is 17.9 Å². The summed E-state index contributed by atoms with van der Waals surface area (Å²) in [6.07, 6.45) is 0. The molecular weight excluding hydrogens is 336 g/mol. The Labute approximate surface area is 149 Å². The molecule has 25 heavy (non-hydrogen) atoms. The Morgan fingerprint density at radius 1 is 1.12 bits per heavy atom. The van der Waals surface area contributed by atoms with Gasteiger partial charge in [-0.05, 0) is 19.1 Å². The largest absolute Gasteiger partial charge is 0.338 e. The van der Waals surface area contributed by atoms with Crippen LogP contribution < -0.4 is 0 Å². The summed E-state index contributed by atoms with van der Waals surface area (Å²) in [4.78, 5) is 22.8. The third-order valence-electron chi connectivity index (χ3n) is 4.38. The molecule has 0 atom stereocenters. The normalized spacial score (nSPS) is 15.8. The van der Waals surface area contributed by atoms with Gasteiger partial charge in [-0.1, -0.05) is 12.1 Å². The second-order valence-corrected chi connectivity index (χ2v) is 7.30. The van der Waals surface area contributed by atoms with Crippen molar-refractivity contribution < 1.29 is 4.79 Å². The summed E-state index contributed by atoms with van der Waals surface area (Å²) in [6, 6.07) is 7.66. The topological polar surface area (TPSA) is 67.2 Å². The number of piperazine rings is 1. The summed E-state index contributed by atoms with van der Waals surface area (Å²) in [6.45, 7) is 6.30. The molecule has 1 aliphatic rings. The fraction of sp³-hybridized carbons (Fsp3) is 0.412. The van der Waals surface area contributed by atoms with Crippen molar-refractivity contribution in [2.45, 2.75) is 20.0 Å². The smallest absolute Gasteiger partial charge is 0.246 e. The molecule has 0 N–H and O–H groups in total. The molecule has 3 aromatic rings. The summed E-state index contributed by atoms with van der Waals surface area (Å²) >= 11 is 1.68. The van der Waals surface area contributed by atoms with Gasteiger partial charge < -0.3 is 4.90 Å². The zero-order valence-electron chi connectivity index (χ0n) is 14.1. The molecule has 1 aliphatic heterocycles. The second kappa shape index (κ2) is 6.89. The molecule has 3 heterocycles. The second-order valence-electron chi connectivity index (χ2n) is 6.23. The number of aryl methyl sites for hydroxylation is 1. The van der Waals surface area contributed by atoms with Crippen molar-refractivity contribution in [1.29, 1.82) is 0 Å². The molecule has 0 radical (unpaired) electrons. The molecule has 0 spiro atoms.